The number of rotatable bonds is 4. The summed E-state index contributed by atoms with van der Waals surface area (Å²) in [6, 6.07) is 0.293. The topological polar surface area (TPSA) is 70.9 Å². The summed E-state index contributed by atoms with van der Waals surface area (Å²) in [6.45, 7) is 3.85. The number of hydrogen-bond donors (Lipinski definition) is 2. The van der Waals surface area contributed by atoms with E-state index in [2.05, 4.69) is 37.6 Å². The van der Waals surface area contributed by atoms with E-state index >= 15 is 0 Å². The van der Waals surface area contributed by atoms with Crippen LogP contribution in [0.15, 0.2) is 12.4 Å². The molecule has 1 unspecified atom stereocenters. The number of likely N-dealkylation sites (N-methyl/N-ethyl adjacent to an activating group) is 1. The summed E-state index contributed by atoms with van der Waals surface area (Å²) >= 11 is 0. The maximum atomic E-state index is 12.9. The lowest BCUT2D eigenvalue weighted by atomic mass is 10.2. The molecule has 3 rings (SSSR count). The molecule has 1 atom stereocenters. The number of anilines is 3. The Kier molecular flexibility index (Phi) is 4.55. The molecule has 1 aliphatic heterocycles. The van der Waals surface area contributed by atoms with Gasteiger partial charge in [-0.2, -0.15) is 23.3 Å². The summed E-state index contributed by atoms with van der Waals surface area (Å²) in [5.74, 6) is -0.184. The maximum absolute atomic E-state index is 12.9. The standard InChI is InChI=1S/C15H20F3N7/c1-9-12(7-21-25(9)10-4-5-24(3)8-10)22-14-20-6-11(15(16,17)18)13(19-2)23-14/h6-7,10H,4-5,8H2,1-3H3,(H2,19,20,22,23). The lowest BCUT2D eigenvalue weighted by molar-refractivity contribution is -0.137. The molecule has 1 saturated heterocycles. The third-order valence-corrected chi connectivity index (χ3v) is 4.33. The number of likely N-dealkylation sites (tertiary alicyclic amines) is 1. The molecular weight excluding hydrogens is 335 g/mol. The molecule has 7 nitrogen and oxygen atoms in total. The summed E-state index contributed by atoms with van der Waals surface area (Å²) < 4.78 is 40.7. The fraction of sp³-hybridized carbons (Fsp3) is 0.533. The van der Waals surface area contributed by atoms with Gasteiger partial charge in [0.25, 0.3) is 0 Å². The Bertz CT molecular complexity index is 756. The zero-order chi connectivity index (χ0) is 18.2. The minimum Gasteiger partial charge on any atom is -0.372 e. The van der Waals surface area contributed by atoms with Crippen LogP contribution in [-0.2, 0) is 6.18 Å². The number of alkyl halides is 3. The van der Waals surface area contributed by atoms with Crippen molar-refractivity contribution >= 4 is 17.5 Å². The van der Waals surface area contributed by atoms with Crippen molar-refractivity contribution in [3.8, 4) is 0 Å². The molecule has 10 heteroatoms. The number of halogens is 3. The van der Waals surface area contributed by atoms with Crippen molar-refractivity contribution in [2.75, 3.05) is 37.8 Å². The van der Waals surface area contributed by atoms with Crippen molar-refractivity contribution < 1.29 is 13.2 Å². The van der Waals surface area contributed by atoms with Crippen LogP contribution in [0.3, 0.4) is 0 Å². The number of nitrogens with one attached hydrogen (secondary N) is 2. The Labute approximate surface area is 143 Å². The van der Waals surface area contributed by atoms with Gasteiger partial charge in [0, 0.05) is 19.8 Å². The average Bonchev–Trinajstić information content (AvgIpc) is 3.13. The molecule has 0 aliphatic carbocycles. The van der Waals surface area contributed by atoms with Gasteiger partial charge in [-0.1, -0.05) is 0 Å². The molecule has 2 aromatic rings. The minimum atomic E-state index is -4.51. The monoisotopic (exact) mass is 355 g/mol. The van der Waals surface area contributed by atoms with E-state index < -0.39 is 11.7 Å². The Morgan fingerprint density at radius 1 is 1.28 bits per heavy atom. The van der Waals surface area contributed by atoms with E-state index in [1.807, 2.05) is 11.6 Å². The Hall–Kier alpha value is -2.36. The fourth-order valence-corrected chi connectivity index (χ4v) is 2.99. The highest BCUT2D eigenvalue weighted by molar-refractivity contribution is 5.58. The lowest BCUT2D eigenvalue weighted by Gasteiger charge is -2.14. The van der Waals surface area contributed by atoms with Crippen molar-refractivity contribution in [1.29, 1.82) is 0 Å². The number of hydrogen-bond acceptors (Lipinski definition) is 6. The normalized spacial score (nSPS) is 18.6. The molecule has 136 valence electrons. The summed E-state index contributed by atoms with van der Waals surface area (Å²) in [5.41, 5.74) is 0.674. The minimum absolute atomic E-state index is 0.0866. The molecule has 2 aromatic heterocycles. The van der Waals surface area contributed by atoms with E-state index in [9.17, 15) is 13.2 Å². The van der Waals surface area contributed by atoms with Gasteiger partial charge in [0.05, 0.1) is 23.6 Å². The third-order valence-electron chi connectivity index (χ3n) is 4.33. The summed E-state index contributed by atoms with van der Waals surface area (Å²) in [5, 5.41) is 9.82. The van der Waals surface area contributed by atoms with Gasteiger partial charge < -0.3 is 15.5 Å². The van der Waals surface area contributed by atoms with Crippen LogP contribution in [0, 0.1) is 6.92 Å². The SMILES string of the molecule is CNc1nc(Nc2cnn(C3CCN(C)C3)c2C)ncc1C(F)(F)F. The van der Waals surface area contributed by atoms with Crippen LogP contribution in [-0.4, -0.2) is 51.8 Å². The number of nitrogens with zero attached hydrogens (tertiary/aromatic N) is 5. The van der Waals surface area contributed by atoms with Gasteiger partial charge >= 0.3 is 6.18 Å². The predicted molar refractivity (Wildman–Crippen MR) is 88.0 cm³/mol. The zero-order valence-corrected chi connectivity index (χ0v) is 14.2. The third kappa shape index (κ3) is 3.53. The molecule has 0 spiro atoms. The first kappa shape index (κ1) is 17.5. The molecule has 25 heavy (non-hydrogen) atoms. The van der Waals surface area contributed by atoms with Gasteiger partial charge in [-0.05, 0) is 26.9 Å². The van der Waals surface area contributed by atoms with Gasteiger partial charge in [0.15, 0.2) is 0 Å². The first-order valence-electron chi connectivity index (χ1n) is 7.91. The molecule has 0 amide bonds. The van der Waals surface area contributed by atoms with Crippen LogP contribution in [0.4, 0.5) is 30.6 Å². The summed E-state index contributed by atoms with van der Waals surface area (Å²) in [4.78, 5) is 9.93. The molecule has 0 radical (unpaired) electrons. The molecule has 0 saturated carbocycles. The Balaban J connectivity index is 1.82. The van der Waals surface area contributed by atoms with Gasteiger partial charge in [-0.3, -0.25) is 4.68 Å². The zero-order valence-electron chi connectivity index (χ0n) is 14.2. The van der Waals surface area contributed by atoms with Crippen molar-refractivity contribution in [3.63, 3.8) is 0 Å². The van der Waals surface area contributed by atoms with Crippen LogP contribution in [0.2, 0.25) is 0 Å². The van der Waals surface area contributed by atoms with Crippen molar-refractivity contribution in [3.05, 3.63) is 23.7 Å². The smallest absolute Gasteiger partial charge is 0.372 e. The second kappa shape index (κ2) is 6.51. The molecule has 2 N–H and O–H groups in total. The van der Waals surface area contributed by atoms with E-state index in [0.29, 0.717) is 11.7 Å². The van der Waals surface area contributed by atoms with Gasteiger partial charge in [0.2, 0.25) is 5.95 Å². The average molecular weight is 355 g/mol. The van der Waals surface area contributed by atoms with Gasteiger partial charge in [0.1, 0.15) is 11.4 Å². The maximum Gasteiger partial charge on any atom is 0.421 e. The molecule has 0 bridgehead atoms. The highest BCUT2D eigenvalue weighted by Crippen LogP contribution is 2.34. The first-order valence-corrected chi connectivity index (χ1v) is 7.91. The highest BCUT2D eigenvalue weighted by atomic mass is 19.4. The van der Waals surface area contributed by atoms with E-state index in [-0.39, 0.29) is 11.8 Å². The van der Waals surface area contributed by atoms with Crippen molar-refractivity contribution in [2.24, 2.45) is 0 Å². The second-order valence-electron chi connectivity index (χ2n) is 6.12. The van der Waals surface area contributed by atoms with Gasteiger partial charge in [-0.25, -0.2) is 4.98 Å². The lowest BCUT2D eigenvalue weighted by Crippen LogP contribution is -2.18. The molecule has 1 aliphatic rings. The van der Waals surface area contributed by atoms with E-state index in [4.69, 9.17) is 0 Å². The van der Waals surface area contributed by atoms with E-state index in [1.165, 1.54) is 7.05 Å². The summed E-state index contributed by atoms with van der Waals surface area (Å²) in [7, 11) is 3.45. The van der Waals surface area contributed by atoms with E-state index in [1.54, 1.807) is 6.20 Å². The van der Waals surface area contributed by atoms with Crippen molar-refractivity contribution in [1.82, 2.24) is 24.6 Å². The second-order valence-corrected chi connectivity index (χ2v) is 6.12. The summed E-state index contributed by atoms with van der Waals surface area (Å²) in [6.07, 6.45) is -1.08. The quantitative estimate of drug-likeness (QED) is 0.879. The van der Waals surface area contributed by atoms with Crippen molar-refractivity contribution in [2.45, 2.75) is 25.6 Å². The Morgan fingerprint density at radius 2 is 2.04 bits per heavy atom. The predicted octanol–water partition coefficient (Wildman–Crippen LogP) is 2.66. The largest absolute Gasteiger partial charge is 0.421 e. The van der Waals surface area contributed by atoms with Gasteiger partial charge in [-0.15, -0.1) is 0 Å². The first-order chi connectivity index (χ1) is 11.8. The van der Waals surface area contributed by atoms with Crippen LogP contribution >= 0.6 is 0 Å². The molecule has 0 aromatic carbocycles. The number of aromatic nitrogens is 4. The molecule has 3 heterocycles. The highest BCUT2D eigenvalue weighted by Gasteiger charge is 2.35. The van der Waals surface area contributed by atoms with Crippen LogP contribution < -0.4 is 10.6 Å². The van der Waals surface area contributed by atoms with Crippen LogP contribution in [0.1, 0.15) is 23.7 Å². The van der Waals surface area contributed by atoms with Crippen LogP contribution in [0.5, 0.6) is 0 Å². The van der Waals surface area contributed by atoms with E-state index in [0.717, 1.165) is 31.4 Å². The fourth-order valence-electron chi connectivity index (χ4n) is 2.99. The van der Waals surface area contributed by atoms with Crippen LogP contribution in [0.25, 0.3) is 0 Å². The Morgan fingerprint density at radius 3 is 2.64 bits per heavy atom. The molecule has 1 fully saturated rings. The molecular formula is C15H20F3N7.